The zero-order valence-corrected chi connectivity index (χ0v) is 11.3. The van der Waals surface area contributed by atoms with E-state index < -0.39 is 0 Å². The van der Waals surface area contributed by atoms with Gasteiger partial charge in [-0.1, -0.05) is 0 Å². The molecule has 2 aromatic rings. The molecule has 0 bridgehead atoms. The van der Waals surface area contributed by atoms with E-state index in [1.807, 2.05) is 18.3 Å². The summed E-state index contributed by atoms with van der Waals surface area (Å²) in [6.45, 7) is 1.66. The first kappa shape index (κ1) is 12.3. The molecule has 2 aromatic heterocycles. The van der Waals surface area contributed by atoms with E-state index in [0.717, 1.165) is 36.1 Å². The molecule has 5 nitrogen and oxygen atoms in total. The highest BCUT2D eigenvalue weighted by Gasteiger charge is 2.02. The van der Waals surface area contributed by atoms with Gasteiger partial charge in [-0.3, -0.25) is 0 Å². The van der Waals surface area contributed by atoms with Crippen molar-refractivity contribution in [3.8, 4) is 0 Å². The minimum atomic E-state index is 0.667. The maximum Gasteiger partial charge on any atom is 0.243 e. The van der Waals surface area contributed by atoms with Gasteiger partial charge in [0.05, 0.1) is 0 Å². The van der Waals surface area contributed by atoms with Crippen LogP contribution in [0.5, 0.6) is 0 Å². The third-order valence-electron chi connectivity index (χ3n) is 2.35. The van der Waals surface area contributed by atoms with Crippen LogP contribution in [0.15, 0.2) is 22.8 Å². The Morgan fingerprint density at radius 1 is 1.41 bits per heavy atom. The highest BCUT2D eigenvalue weighted by molar-refractivity contribution is 9.10. The number of nitrogens with one attached hydrogen (secondary N) is 1. The minimum Gasteiger partial charge on any atom is -0.385 e. The van der Waals surface area contributed by atoms with E-state index in [2.05, 4.69) is 31.3 Å². The Labute approximate surface area is 108 Å². The van der Waals surface area contributed by atoms with Gasteiger partial charge in [0.2, 0.25) is 5.95 Å². The van der Waals surface area contributed by atoms with Gasteiger partial charge in [-0.2, -0.15) is 4.98 Å². The van der Waals surface area contributed by atoms with Crippen LogP contribution in [-0.2, 0) is 4.74 Å². The molecule has 0 spiro atoms. The normalized spacial score (nSPS) is 10.9. The van der Waals surface area contributed by atoms with E-state index in [0.29, 0.717) is 5.95 Å². The fraction of sp³-hybridized carbons (Fsp3) is 0.455. The fourth-order valence-corrected chi connectivity index (χ4v) is 1.83. The summed E-state index contributed by atoms with van der Waals surface area (Å²) in [7, 11) is 1.72. The molecule has 92 valence electrons. The average molecular weight is 299 g/mol. The second-order valence-corrected chi connectivity index (χ2v) is 4.63. The Morgan fingerprint density at radius 3 is 3.12 bits per heavy atom. The number of hydrogen-bond donors (Lipinski definition) is 1. The molecule has 0 unspecified atom stereocenters. The number of rotatable bonds is 6. The quantitative estimate of drug-likeness (QED) is 0.832. The van der Waals surface area contributed by atoms with Crippen molar-refractivity contribution >= 4 is 27.5 Å². The third kappa shape index (κ3) is 3.41. The van der Waals surface area contributed by atoms with Crippen LogP contribution in [0.25, 0.3) is 5.65 Å². The van der Waals surface area contributed by atoms with Gasteiger partial charge in [0.1, 0.15) is 0 Å². The molecule has 0 radical (unpaired) electrons. The molecule has 1 N–H and O–H groups in total. The number of halogens is 1. The van der Waals surface area contributed by atoms with Crippen molar-refractivity contribution in [3.05, 3.63) is 22.8 Å². The van der Waals surface area contributed by atoms with E-state index in [4.69, 9.17) is 4.74 Å². The van der Waals surface area contributed by atoms with Crippen LogP contribution in [0.3, 0.4) is 0 Å². The smallest absolute Gasteiger partial charge is 0.243 e. The highest BCUT2D eigenvalue weighted by atomic mass is 79.9. The lowest BCUT2D eigenvalue weighted by atomic mass is 10.3. The maximum atomic E-state index is 4.99. The molecule has 6 heteroatoms. The largest absolute Gasteiger partial charge is 0.385 e. The predicted octanol–water partition coefficient (Wildman–Crippen LogP) is 2.33. The molecule has 0 saturated carbocycles. The van der Waals surface area contributed by atoms with Crippen LogP contribution >= 0.6 is 15.9 Å². The van der Waals surface area contributed by atoms with Gasteiger partial charge in [0.15, 0.2) is 5.65 Å². The first-order chi connectivity index (χ1) is 8.29. The average Bonchev–Trinajstić information content (AvgIpc) is 2.70. The van der Waals surface area contributed by atoms with Crippen molar-refractivity contribution in [2.45, 2.75) is 12.8 Å². The van der Waals surface area contributed by atoms with Crippen molar-refractivity contribution in [2.24, 2.45) is 0 Å². The van der Waals surface area contributed by atoms with Crippen LogP contribution < -0.4 is 5.32 Å². The third-order valence-corrected chi connectivity index (χ3v) is 2.82. The highest BCUT2D eigenvalue weighted by Crippen LogP contribution is 2.12. The lowest BCUT2D eigenvalue weighted by Crippen LogP contribution is -2.04. The Morgan fingerprint density at radius 2 is 2.29 bits per heavy atom. The van der Waals surface area contributed by atoms with Gasteiger partial charge >= 0.3 is 0 Å². The van der Waals surface area contributed by atoms with Crippen molar-refractivity contribution < 1.29 is 4.74 Å². The van der Waals surface area contributed by atoms with Gasteiger partial charge < -0.3 is 10.1 Å². The number of hydrogen-bond acceptors (Lipinski definition) is 4. The summed E-state index contributed by atoms with van der Waals surface area (Å²) in [5.74, 6) is 0.667. The molecule has 17 heavy (non-hydrogen) atoms. The van der Waals surface area contributed by atoms with Crippen LogP contribution in [0.4, 0.5) is 5.95 Å². The van der Waals surface area contributed by atoms with Crippen LogP contribution in [0, 0.1) is 0 Å². The molecule has 0 atom stereocenters. The molecular formula is C11H15BrN4O. The molecule has 0 saturated heterocycles. The molecule has 0 amide bonds. The first-order valence-electron chi connectivity index (χ1n) is 5.54. The van der Waals surface area contributed by atoms with Crippen molar-refractivity contribution in [3.63, 3.8) is 0 Å². The number of aromatic nitrogens is 3. The zero-order chi connectivity index (χ0) is 12.1. The van der Waals surface area contributed by atoms with Crippen molar-refractivity contribution in [1.29, 1.82) is 0 Å². The van der Waals surface area contributed by atoms with Crippen molar-refractivity contribution in [2.75, 3.05) is 25.6 Å². The second-order valence-electron chi connectivity index (χ2n) is 3.71. The summed E-state index contributed by atoms with van der Waals surface area (Å²) in [6, 6.07) is 3.87. The number of fused-ring (bicyclic) bond motifs is 1. The summed E-state index contributed by atoms with van der Waals surface area (Å²) in [6.07, 6.45) is 3.98. The number of ether oxygens (including phenoxy) is 1. The number of unbranched alkanes of at least 4 members (excludes halogenated alkanes) is 1. The van der Waals surface area contributed by atoms with E-state index in [1.54, 1.807) is 11.6 Å². The van der Waals surface area contributed by atoms with Crippen LogP contribution in [-0.4, -0.2) is 34.9 Å². The van der Waals surface area contributed by atoms with E-state index in [9.17, 15) is 0 Å². The maximum absolute atomic E-state index is 4.99. The molecule has 0 aliphatic rings. The van der Waals surface area contributed by atoms with Gasteiger partial charge in [-0.15, -0.1) is 5.10 Å². The lowest BCUT2D eigenvalue weighted by molar-refractivity contribution is 0.193. The molecule has 0 aliphatic carbocycles. The van der Waals surface area contributed by atoms with Gasteiger partial charge in [0.25, 0.3) is 0 Å². The lowest BCUT2D eigenvalue weighted by Gasteiger charge is -2.00. The van der Waals surface area contributed by atoms with Crippen LogP contribution in [0.1, 0.15) is 12.8 Å². The molecular weight excluding hydrogens is 284 g/mol. The molecule has 0 aliphatic heterocycles. The monoisotopic (exact) mass is 298 g/mol. The molecule has 0 fully saturated rings. The van der Waals surface area contributed by atoms with Crippen LogP contribution in [0.2, 0.25) is 0 Å². The predicted molar refractivity (Wildman–Crippen MR) is 70.3 cm³/mol. The summed E-state index contributed by atoms with van der Waals surface area (Å²) in [5.41, 5.74) is 0.840. The standard InChI is InChI=1S/C11H15BrN4O/c1-17-7-3-2-6-13-11-14-10-5-4-9(12)8-16(10)15-11/h4-5,8H,2-3,6-7H2,1H3,(H,13,15). The Balaban J connectivity index is 1.91. The van der Waals surface area contributed by atoms with E-state index in [-0.39, 0.29) is 0 Å². The second kappa shape index (κ2) is 5.97. The SMILES string of the molecule is COCCCCNc1nc2ccc(Br)cn2n1. The Kier molecular flexibility index (Phi) is 4.33. The van der Waals surface area contributed by atoms with Gasteiger partial charge in [0, 0.05) is 30.9 Å². The summed E-state index contributed by atoms with van der Waals surface area (Å²) < 4.78 is 7.73. The van der Waals surface area contributed by atoms with E-state index in [1.165, 1.54) is 0 Å². The minimum absolute atomic E-state index is 0.667. The Hall–Kier alpha value is -1.14. The molecule has 2 rings (SSSR count). The number of nitrogens with zero attached hydrogens (tertiary/aromatic N) is 3. The number of methoxy groups -OCH3 is 1. The van der Waals surface area contributed by atoms with E-state index >= 15 is 0 Å². The summed E-state index contributed by atoms with van der Waals surface area (Å²) in [5, 5.41) is 7.52. The zero-order valence-electron chi connectivity index (χ0n) is 9.69. The summed E-state index contributed by atoms with van der Waals surface area (Å²) in [4.78, 5) is 4.36. The van der Waals surface area contributed by atoms with Gasteiger partial charge in [-0.25, -0.2) is 4.52 Å². The molecule has 2 heterocycles. The first-order valence-corrected chi connectivity index (χ1v) is 6.33. The topological polar surface area (TPSA) is 51.5 Å². The summed E-state index contributed by atoms with van der Waals surface area (Å²) >= 11 is 3.40. The fourth-order valence-electron chi connectivity index (χ4n) is 1.50. The molecule has 0 aromatic carbocycles. The van der Waals surface area contributed by atoms with Crippen molar-refractivity contribution in [1.82, 2.24) is 14.6 Å². The van der Waals surface area contributed by atoms with Gasteiger partial charge in [-0.05, 0) is 40.9 Å². The Bertz CT molecular complexity index is 485. The number of pyridine rings is 1. The number of anilines is 1.